The molecule has 3 rings (SSSR count). The van der Waals surface area contributed by atoms with Crippen LogP contribution in [0.1, 0.15) is 31.2 Å². The second-order valence-electron chi connectivity index (χ2n) is 6.78. The number of piperidine rings is 1. The van der Waals surface area contributed by atoms with Crippen LogP contribution in [0.15, 0.2) is 18.2 Å². The first-order chi connectivity index (χ1) is 11.1. The zero-order valence-corrected chi connectivity index (χ0v) is 17.0. The maximum absolute atomic E-state index is 12.2. The van der Waals surface area contributed by atoms with Gasteiger partial charge in [0.1, 0.15) is 0 Å². The second kappa shape index (κ2) is 10.5. The first kappa shape index (κ1) is 22.4. The van der Waals surface area contributed by atoms with Gasteiger partial charge in [-0.05, 0) is 56.3 Å². The van der Waals surface area contributed by atoms with Crippen LogP contribution in [0.4, 0.5) is 5.69 Å². The monoisotopic (exact) mass is 407 g/mol. The number of hydrogen-bond donors (Lipinski definition) is 2. The van der Waals surface area contributed by atoms with Crippen molar-refractivity contribution in [3.63, 3.8) is 0 Å². The van der Waals surface area contributed by atoms with Crippen LogP contribution in [-0.2, 0) is 4.79 Å². The number of hydrogen-bond acceptors (Lipinski definition) is 3. The molecule has 0 aliphatic carbocycles. The molecule has 2 atom stereocenters. The second-order valence-corrected chi connectivity index (χ2v) is 7.22. The fraction of sp³-hybridized carbons (Fsp3) is 0.611. The van der Waals surface area contributed by atoms with E-state index in [9.17, 15) is 4.79 Å². The molecule has 2 heterocycles. The van der Waals surface area contributed by atoms with Crippen molar-refractivity contribution in [2.24, 2.45) is 5.92 Å². The van der Waals surface area contributed by atoms with E-state index in [1.807, 2.05) is 12.1 Å². The lowest BCUT2D eigenvalue weighted by Crippen LogP contribution is -2.47. The smallest absolute Gasteiger partial charge is 0.237 e. The van der Waals surface area contributed by atoms with E-state index < -0.39 is 0 Å². The van der Waals surface area contributed by atoms with Crippen LogP contribution in [0.3, 0.4) is 0 Å². The minimum atomic E-state index is 0. The quantitative estimate of drug-likeness (QED) is 0.800. The van der Waals surface area contributed by atoms with Crippen molar-refractivity contribution in [1.29, 1.82) is 0 Å². The highest BCUT2D eigenvalue weighted by molar-refractivity contribution is 6.30. The number of halogens is 3. The molecule has 0 radical (unpaired) electrons. The molecule has 2 fully saturated rings. The highest BCUT2D eigenvalue weighted by Crippen LogP contribution is 2.29. The standard InChI is InChI=1S/C18H26ClN3O.2ClH/c1-13-5-6-15(19)10-17(13)22-9-7-14(12-22)11-21-18(23)16-4-2-3-8-20-16;;/h5-6,10,14,16,20H,2-4,7-9,11-12H2,1H3,(H,21,23);2*1H/t14?,16-;;/m1../s1. The van der Waals surface area contributed by atoms with Crippen LogP contribution in [0.25, 0.3) is 0 Å². The Hall–Kier alpha value is -0.680. The maximum atomic E-state index is 12.2. The van der Waals surface area contributed by atoms with Crippen LogP contribution in [0, 0.1) is 12.8 Å². The van der Waals surface area contributed by atoms with Gasteiger partial charge in [0, 0.05) is 30.3 Å². The number of benzene rings is 1. The van der Waals surface area contributed by atoms with Gasteiger partial charge in [0.25, 0.3) is 0 Å². The molecule has 0 aromatic heterocycles. The summed E-state index contributed by atoms with van der Waals surface area (Å²) in [6.07, 6.45) is 4.41. The molecule has 1 unspecified atom stereocenters. The zero-order chi connectivity index (χ0) is 16.2. The number of carbonyl (C=O) groups is 1. The highest BCUT2D eigenvalue weighted by Gasteiger charge is 2.26. The summed E-state index contributed by atoms with van der Waals surface area (Å²) in [6, 6.07) is 6.06. The number of aryl methyl sites for hydroxylation is 1. The Morgan fingerprint density at radius 2 is 2.12 bits per heavy atom. The maximum Gasteiger partial charge on any atom is 0.237 e. The Kier molecular flexibility index (Phi) is 9.36. The molecular weight excluding hydrogens is 381 g/mol. The van der Waals surface area contributed by atoms with E-state index >= 15 is 0 Å². The van der Waals surface area contributed by atoms with Gasteiger partial charge in [0.05, 0.1) is 6.04 Å². The van der Waals surface area contributed by atoms with Gasteiger partial charge < -0.3 is 15.5 Å². The lowest BCUT2D eigenvalue weighted by Gasteiger charge is -2.24. The lowest BCUT2D eigenvalue weighted by atomic mass is 10.0. The van der Waals surface area contributed by atoms with Gasteiger partial charge in [-0.15, -0.1) is 24.8 Å². The van der Waals surface area contributed by atoms with Gasteiger partial charge in [-0.3, -0.25) is 4.79 Å². The van der Waals surface area contributed by atoms with E-state index in [2.05, 4.69) is 28.5 Å². The molecule has 2 saturated heterocycles. The summed E-state index contributed by atoms with van der Waals surface area (Å²) in [6.45, 7) is 5.87. The third-order valence-corrected chi connectivity index (χ3v) is 5.22. The Balaban J connectivity index is 0.00000156. The molecule has 1 aromatic carbocycles. The van der Waals surface area contributed by atoms with Crippen molar-refractivity contribution in [3.05, 3.63) is 28.8 Å². The van der Waals surface area contributed by atoms with Crippen LogP contribution in [-0.4, -0.2) is 38.1 Å². The van der Waals surface area contributed by atoms with Gasteiger partial charge in [-0.25, -0.2) is 0 Å². The molecule has 7 heteroatoms. The molecule has 2 aliphatic rings. The predicted octanol–water partition coefficient (Wildman–Crippen LogP) is 3.58. The summed E-state index contributed by atoms with van der Waals surface area (Å²) in [5.74, 6) is 0.683. The minimum absolute atomic E-state index is 0. The summed E-state index contributed by atoms with van der Waals surface area (Å²) in [7, 11) is 0. The van der Waals surface area contributed by atoms with E-state index in [0.29, 0.717) is 5.92 Å². The number of rotatable bonds is 4. The fourth-order valence-corrected chi connectivity index (χ4v) is 3.75. The summed E-state index contributed by atoms with van der Waals surface area (Å²) < 4.78 is 0. The Morgan fingerprint density at radius 3 is 2.84 bits per heavy atom. The van der Waals surface area contributed by atoms with Crippen LogP contribution >= 0.6 is 36.4 Å². The van der Waals surface area contributed by atoms with Crippen molar-refractivity contribution in [3.8, 4) is 0 Å². The topological polar surface area (TPSA) is 44.4 Å². The van der Waals surface area contributed by atoms with Crippen molar-refractivity contribution >= 4 is 48.0 Å². The van der Waals surface area contributed by atoms with Crippen molar-refractivity contribution in [2.45, 2.75) is 38.6 Å². The average molecular weight is 409 g/mol. The average Bonchev–Trinajstić information content (AvgIpc) is 3.04. The third kappa shape index (κ3) is 5.92. The zero-order valence-electron chi connectivity index (χ0n) is 14.6. The number of amides is 1. The van der Waals surface area contributed by atoms with Gasteiger partial charge in [0.2, 0.25) is 5.91 Å². The number of nitrogens with one attached hydrogen (secondary N) is 2. The summed E-state index contributed by atoms with van der Waals surface area (Å²) in [5, 5.41) is 7.23. The minimum Gasteiger partial charge on any atom is -0.371 e. The van der Waals surface area contributed by atoms with Gasteiger partial charge >= 0.3 is 0 Å². The third-order valence-electron chi connectivity index (χ3n) is 4.99. The Morgan fingerprint density at radius 1 is 1.32 bits per heavy atom. The highest BCUT2D eigenvalue weighted by atomic mass is 35.5. The van der Waals surface area contributed by atoms with Crippen LogP contribution < -0.4 is 15.5 Å². The predicted molar refractivity (Wildman–Crippen MR) is 110 cm³/mol. The normalized spacial score (nSPS) is 22.7. The number of anilines is 1. The van der Waals surface area contributed by atoms with Crippen molar-refractivity contribution in [2.75, 3.05) is 31.1 Å². The van der Waals surface area contributed by atoms with Crippen LogP contribution in [0.5, 0.6) is 0 Å². The van der Waals surface area contributed by atoms with Crippen molar-refractivity contribution in [1.82, 2.24) is 10.6 Å². The van der Waals surface area contributed by atoms with Crippen molar-refractivity contribution < 1.29 is 4.79 Å². The molecule has 2 N–H and O–H groups in total. The Bertz CT molecular complexity index is 564. The van der Waals surface area contributed by atoms with E-state index in [0.717, 1.165) is 50.5 Å². The molecule has 25 heavy (non-hydrogen) atoms. The summed E-state index contributed by atoms with van der Waals surface area (Å²) in [4.78, 5) is 14.6. The molecular formula is C18H28Cl3N3O. The molecule has 1 amide bonds. The fourth-order valence-electron chi connectivity index (χ4n) is 3.59. The molecule has 1 aromatic rings. The number of carbonyl (C=O) groups excluding carboxylic acids is 1. The summed E-state index contributed by atoms with van der Waals surface area (Å²) in [5.41, 5.74) is 2.48. The van der Waals surface area contributed by atoms with E-state index in [1.165, 1.54) is 17.7 Å². The molecule has 4 nitrogen and oxygen atoms in total. The van der Waals surface area contributed by atoms with Crippen LogP contribution in [0.2, 0.25) is 5.02 Å². The van der Waals surface area contributed by atoms with Gasteiger partial charge in [0.15, 0.2) is 0 Å². The van der Waals surface area contributed by atoms with Gasteiger partial charge in [-0.1, -0.05) is 24.1 Å². The first-order valence-corrected chi connectivity index (χ1v) is 9.03. The first-order valence-electron chi connectivity index (χ1n) is 8.65. The molecule has 142 valence electrons. The largest absolute Gasteiger partial charge is 0.371 e. The van der Waals surface area contributed by atoms with E-state index in [-0.39, 0.29) is 36.8 Å². The Labute approximate surface area is 167 Å². The molecule has 0 bridgehead atoms. The molecule has 2 aliphatic heterocycles. The molecule has 0 saturated carbocycles. The number of nitrogens with zero attached hydrogens (tertiary/aromatic N) is 1. The summed E-state index contributed by atoms with van der Waals surface area (Å²) >= 11 is 6.13. The van der Waals surface area contributed by atoms with E-state index in [1.54, 1.807) is 0 Å². The lowest BCUT2D eigenvalue weighted by molar-refractivity contribution is -0.123. The SMILES string of the molecule is Cc1ccc(Cl)cc1N1CCC(CNC(=O)[C@H]2CCCCN2)C1.Cl.Cl. The van der Waals surface area contributed by atoms with Gasteiger partial charge in [-0.2, -0.15) is 0 Å². The van der Waals surface area contributed by atoms with E-state index in [4.69, 9.17) is 11.6 Å². The molecule has 0 spiro atoms.